The minimum Gasteiger partial charge on any atom is -0.459 e. The maximum atomic E-state index is 11.7. The Balaban J connectivity index is 4.13. The van der Waals surface area contributed by atoms with Gasteiger partial charge in [0.25, 0.3) is 0 Å². The van der Waals surface area contributed by atoms with Crippen LogP contribution in [0.4, 0.5) is 0 Å². The van der Waals surface area contributed by atoms with Crippen LogP contribution in [0.15, 0.2) is 0 Å². The molecule has 4 nitrogen and oxygen atoms in total. The van der Waals surface area contributed by atoms with Crippen molar-refractivity contribution in [3.63, 3.8) is 0 Å². The molecule has 0 rings (SSSR count). The fourth-order valence-corrected chi connectivity index (χ4v) is 1.30. The quantitative estimate of drug-likeness (QED) is 0.707. The van der Waals surface area contributed by atoms with Gasteiger partial charge in [-0.3, -0.25) is 10.1 Å². The molecular formula is C12H25NO3. The van der Waals surface area contributed by atoms with Crippen LogP contribution in [0.2, 0.25) is 0 Å². The van der Waals surface area contributed by atoms with Gasteiger partial charge in [0.2, 0.25) is 0 Å². The molecule has 0 saturated heterocycles. The first-order valence-electron chi connectivity index (χ1n) is 5.78. The first-order valence-corrected chi connectivity index (χ1v) is 5.78. The highest BCUT2D eigenvalue weighted by Crippen LogP contribution is 2.08. The summed E-state index contributed by atoms with van der Waals surface area (Å²) in [6, 6.07) is -0.119. The zero-order chi connectivity index (χ0) is 12.8. The third-order valence-corrected chi connectivity index (χ3v) is 2.11. The number of hydrogen-bond acceptors (Lipinski definition) is 4. The van der Waals surface area contributed by atoms with Gasteiger partial charge in [-0.1, -0.05) is 6.92 Å². The number of methoxy groups -OCH3 is 1. The molecule has 4 heteroatoms. The van der Waals surface area contributed by atoms with Crippen LogP contribution in [0.1, 0.15) is 41.0 Å². The van der Waals surface area contributed by atoms with Gasteiger partial charge in [-0.05, 0) is 34.1 Å². The van der Waals surface area contributed by atoms with Crippen molar-refractivity contribution in [1.29, 1.82) is 0 Å². The summed E-state index contributed by atoms with van der Waals surface area (Å²) in [5, 5.41) is 3.19. The summed E-state index contributed by atoms with van der Waals surface area (Å²) in [6.45, 7) is 10.1. The van der Waals surface area contributed by atoms with Crippen molar-refractivity contribution in [2.24, 2.45) is 0 Å². The summed E-state index contributed by atoms with van der Waals surface area (Å²) in [7, 11) is 1.66. The molecule has 0 fully saturated rings. The van der Waals surface area contributed by atoms with E-state index in [9.17, 15) is 4.79 Å². The van der Waals surface area contributed by atoms with Gasteiger partial charge in [0.05, 0.1) is 6.61 Å². The lowest BCUT2D eigenvalue weighted by Crippen LogP contribution is -2.45. The van der Waals surface area contributed by atoms with Gasteiger partial charge in [-0.2, -0.15) is 0 Å². The summed E-state index contributed by atoms with van der Waals surface area (Å²) < 4.78 is 10.3. The van der Waals surface area contributed by atoms with E-state index in [-0.39, 0.29) is 18.1 Å². The van der Waals surface area contributed by atoms with Crippen molar-refractivity contribution in [3.05, 3.63) is 0 Å². The smallest absolute Gasteiger partial charge is 0.323 e. The number of ether oxygens (including phenoxy) is 2. The molecule has 0 aliphatic carbocycles. The second-order valence-electron chi connectivity index (χ2n) is 4.98. The van der Waals surface area contributed by atoms with Crippen molar-refractivity contribution in [3.8, 4) is 0 Å². The number of nitrogens with one attached hydrogen (secondary N) is 1. The molecule has 16 heavy (non-hydrogen) atoms. The van der Waals surface area contributed by atoms with Crippen LogP contribution in [-0.2, 0) is 14.3 Å². The van der Waals surface area contributed by atoms with Crippen LogP contribution in [0.25, 0.3) is 0 Å². The van der Waals surface area contributed by atoms with Crippen molar-refractivity contribution in [2.45, 2.75) is 58.7 Å². The molecule has 1 unspecified atom stereocenters. The molecule has 0 amide bonds. The van der Waals surface area contributed by atoms with E-state index in [4.69, 9.17) is 9.47 Å². The molecule has 0 heterocycles. The van der Waals surface area contributed by atoms with Crippen LogP contribution in [-0.4, -0.2) is 37.4 Å². The molecule has 0 spiro atoms. The topological polar surface area (TPSA) is 47.6 Å². The normalized spacial score (nSPS) is 15.6. The molecule has 0 aliphatic rings. The monoisotopic (exact) mass is 231 g/mol. The fourth-order valence-electron chi connectivity index (χ4n) is 1.30. The highest BCUT2D eigenvalue weighted by Gasteiger charge is 2.23. The van der Waals surface area contributed by atoms with Crippen LogP contribution < -0.4 is 5.32 Å². The Bertz CT molecular complexity index is 211. The van der Waals surface area contributed by atoms with Crippen molar-refractivity contribution in [1.82, 2.24) is 5.32 Å². The maximum Gasteiger partial charge on any atom is 0.323 e. The van der Waals surface area contributed by atoms with E-state index in [1.807, 2.05) is 27.7 Å². The molecule has 0 bridgehead atoms. The molecule has 0 aromatic rings. The second-order valence-corrected chi connectivity index (χ2v) is 4.98. The van der Waals surface area contributed by atoms with Crippen LogP contribution in [0.5, 0.6) is 0 Å². The number of carbonyl (C=O) groups is 1. The van der Waals surface area contributed by atoms with Gasteiger partial charge in [-0.15, -0.1) is 0 Å². The average molecular weight is 231 g/mol. The van der Waals surface area contributed by atoms with Crippen LogP contribution in [0, 0.1) is 0 Å². The highest BCUT2D eigenvalue weighted by molar-refractivity contribution is 5.75. The molecule has 0 aromatic carbocycles. The van der Waals surface area contributed by atoms with Gasteiger partial charge in [0, 0.05) is 13.2 Å². The standard InChI is InChI=1S/C12H25NO3/c1-7-10(8-15-6)13-9(2)11(14)16-12(3,4)5/h9-10,13H,7-8H2,1-6H3/t9-,10?/m1/s1. The van der Waals surface area contributed by atoms with Gasteiger partial charge in [0.1, 0.15) is 11.6 Å². The lowest BCUT2D eigenvalue weighted by molar-refractivity contribution is -0.157. The summed E-state index contributed by atoms with van der Waals surface area (Å²) >= 11 is 0. The Hall–Kier alpha value is -0.610. The zero-order valence-corrected chi connectivity index (χ0v) is 11.3. The Morgan fingerprint density at radius 1 is 1.38 bits per heavy atom. The molecule has 0 radical (unpaired) electrons. The van der Waals surface area contributed by atoms with Gasteiger partial charge in [-0.25, -0.2) is 0 Å². The summed E-state index contributed by atoms with van der Waals surface area (Å²) in [6.07, 6.45) is 0.918. The largest absolute Gasteiger partial charge is 0.459 e. The predicted octanol–water partition coefficient (Wildman–Crippen LogP) is 1.73. The maximum absolute atomic E-state index is 11.7. The molecule has 0 aromatic heterocycles. The predicted molar refractivity (Wildman–Crippen MR) is 64.4 cm³/mol. The molecule has 96 valence electrons. The van der Waals surface area contributed by atoms with Gasteiger partial charge < -0.3 is 9.47 Å². The molecule has 1 N–H and O–H groups in total. The summed E-state index contributed by atoms with van der Waals surface area (Å²) in [5.74, 6) is -0.220. The Morgan fingerprint density at radius 3 is 2.31 bits per heavy atom. The lowest BCUT2D eigenvalue weighted by Gasteiger charge is -2.25. The second kappa shape index (κ2) is 6.86. The molecule has 0 aliphatic heterocycles. The zero-order valence-electron chi connectivity index (χ0n) is 11.3. The Morgan fingerprint density at radius 2 is 1.94 bits per heavy atom. The average Bonchev–Trinajstić information content (AvgIpc) is 2.14. The number of esters is 1. The van der Waals surface area contributed by atoms with E-state index in [2.05, 4.69) is 12.2 Å². The molecule has 0 saturated carbocycles. The van der Waals surface area contributed by atoms with Gasteiger partial charge in [0.15, 0.2) is 0 Å². The molecular weight excluding hydrogens is 206 g/mol. The SMILES string of the molecule is CCC(COC)N[C@H](C)C(=O)OC(C)(C)C. The van der Waals surface area contributed by atoms with Gasteiger partial charge >= 0.3 is 5.97 Å². The Kier molecular flexibility index (Phi) is 6.60. The van der Waals surface area contributed by atoms with Crippen molar-refractivity contribution >= 4 is 5.97 Å². The minimum absolute atomic E-state index is 0.188. The fraction of sp³-hybridized carbons (Fsp3) is 0.917. The van der Waals surface area contributed by atoms with E-state index in [1.165, 1.54) is 0 Å². The molecule has 2 atom stereocenters. The highest BCUT2D eigenvalue weighted by atomic mass is 16.6. The summed E-state index contributed by atoms with van der Waals surface area (Å²) in [5.41, 5.74) is -0.435. The third kappa shape index (κ3) is 6.80. The van der Waals surface area contributed by atoms with E-state index < -0.39 is 5.60 Å². The first-order chi connectivity index (χ1) is 7.30. The van der Waals surface area contributed by atoms with Crippen molar-refractivity contribution < 1.29 is 14.3 Å². The van der Waals surface area contributed by atoms with Crippen LogP contribution in [0.3, 0.4) is 0 Å². The first kappa shape index (κ1) is 15.4. The van der Waals surface area contributed by atoms with Crippen molar-refractivity contribution in [2.75, 3.05) is 13.7 Å². The lowest BCUT2D eigenvalue weighted by atomic mass is 10.1. The summed E-state index contributed by atoms with van der Waals surface area (Å²) in [4.78, 5) is 11.7. The van der Waals surface area contributed by atoms with E-state index in [0.717, 1.165) is 6.42 Å². The third-order valence-electron chi connectivity index (χ3n) is 2.11. The Labute approximate surface area is 98.7 Å². The number of carbonyl (C=O) groups excluding carboxylic acids is 1. The number of rotatable bonds is 6. The minimum atomic E-state index is -0.435. The number of hydrogen-bond donors (Lipinski definition) is 1. The van der Waals surface area contributed by atoms with Crippen LogP contribution >= 0.6 is 0 Å². The van der Waals surface area contributed by atoms with E-state index >= 15 is 0 Å². The van der Waals surface area contributed by atoms with E-state index in [0.29, 0.717) is 6.61 Å². The van der Waals surface area contributed by atoms with E-state index in [1.54, 1.807) is 7.11 Å².